The summed E-state index contributed by atoms with van der Waals surface area (Å²) in [6.45, 7) is 3.67. The number of carbonyl (C=O) groups is 1. The number of sulfonamides is 1. The Kier molecular flexibility index (Phi) is 6.60. The van der Waals surface area contributed by atoms with Gasteiger partial charge in [-0.05, 0) is 62.1 Å². The number of amides is 1. The molecule has 7 nitrogen and oxygen atoms in total. The first-order chi connectivity index (χ1) is 15.2. The van der Waals surface area contributed by atoms with Gasteiger partial charge in [0.2, 0.25) is 5.91 Å². The highest BCUT2D eigenvalue weighted by molar-refractivity contribution is 7.92. The fourth-order valence-corrected chi connectivity index (χ4v) is 6.09. The molecule has 0 bridgehead atoms. The normalized spacial score (nSPS) is 14.6. The quantitative estimate of drug-likeness (QED) is 0.556. The van der Waals surface area contributed by atoms with Gasteiger partial charge in [-0.25, -0.2) is 8.42 Å². The molecule has 32 heavy (non-hydrogen) atoms. The molecule has 0 aliphatic carbocycles. The summed E-state index contributed by atoms with van der Waals surface area (Å²) in [5.41, 5.74) is 1.84. The lowest BCUT2D eigenvalue weighted by molar-refractivity contribution is -0.132. The van der Waals surface area contributed by atoms with Crippen molar-refractivity contribution in [3.05, 3.63) is 56.7 Å². The number of carbonyl (C=O) groups excluding carboxylic acids is 1. The SMILES string of the molecule is Cc1ccc(NS(=O)(=O)c2ccc3c(c2)sc(=O)n3CCC(=O)N2CCCCC2)cc1Cl. The standard InChI is InChI=1S/C22H24ClN3O4S2/c1-15-5-6-16(13-18(15)23)24-32(29,30)17-7-8-19-20(14-17)31-22(28)26(19)12-9-21(27)25-10-3-2-4-11-25/h5-8,13-14,24H,2-4,9-12H2,1H3. The number of rotatable bonds is 6. The molecule has 0 radical (unpaired) electrons. The van der Waals surface area contributed by atoms with E-state index in [1.807, 2.05) is 11.8 Å². The molecule has 3 aromatic rings. The number of hydrogen-bond acceptors (Lipinski definition) is 5. The molecule has 1 saturated heterocycles. The minimum Gasteiger partial charge on any atom is -0.343 e. The molecule has 2 heterocycles. The maximum Gasteiger partial charge on any atom is 0.308 e. The predicted molar refractivity (Wildman–Crippen MR) is 128 cm³/mol. The van der Waals surface area contributed by atoms with Gasteiger partial charge in [0.25, 0.3) is 10.0 Å². The molecule has 1 amide bonds. The number of hydrogen-bond donors (Lipinski definition) is 1. The Morgan fingerprint density at radius 1 is 1.12 bits per heavy atom. The Morgan fingerprint density at radius 2 is 1.88 bits per heavy atom. The summed E-state index contributed by atoms with van der Waals surface area (Å²) < 4.78 is 30.3. The van der Waals surface area contributed by atoms with Gasteiger partial charge in [0, 0.05) is 31.1 Å². The van der Waals surface area contributed by atoms with Crippen LogP contribution < -0.4 is 9.60 Å². The Hall–Kier alpha value is -2.36. The van der Waals surface area contributed by atoms with Crippen LogP contribution in [0, 0.1) is 6.92 Å². The highest BCUT2D eigenvalue weighted by Crippen LogP contribution is 2.26. The van der Waals surface area contributed by atoms with E-state index in [-0.39, 0.29) is 28.6 Å². The number of aromatic nitrogens is 1. The van der Waals surface area contributed by atoms with Crippen LogP contribution in [0.2, 0.25) is 5.02 Å². The number of benzene rings is 2. The first-order valence-corrected chi connectivity index (χ1v) is 13.1. The molecule has 0 unspecified atom stereocenters. The topological polar surface area (TPSA) is 88.5 Å². The van der Waals surface area contributed by atoms with Gasteiger partial charge >= 0.3 is 4.87 Å². The third kappa shape index (κ3) is 4.84. The van der Waals surface area contributed by atoms with Gasteiger partial charge in [-0.15, -0.1) is 0 Å². The lowest BCUT2D eigenvalue weighted by Crippen LogP contribution is -2.36. The van der Waals surface area contributed by atoms with E-state index in [2.05, 4.69) is 4.72 Å². The molecule has 10 heteroatoms. The van der Waals surface area contributed by atoms with Crippen molar-refractivity contribution in [3.63, 3.8) is 0 Å². The summed E-state index contributed by atoms with van der Waals surface area (Å²) in [5.74, 6) is 0.0520. The number of halogens is 1. The lowest BCUT2D eigenvalue weighted by atomic mass is 10.1. The van der Waals surface area contributed by atoms with Crippen molar-refractivity contribution in [2.45, 2.75) is 44.0 Å². The average Bonchev–Trinajstić information content (AvgIpc) is 3.09. The Labute approximate surface area is 195 Å². The Bertz CT molecular complexity index is 1320. The number of piperidine rings is 1. The van der Waals surface area contributed by atoms with Crippen molar-refractivity contribution < 1.29 is 13.2 Å². The number of aryl methyl sites for hydroxylation is 2. The number of likely N-dealkylation sites (tertiary alicyclic amines) is 1. The zero-order valence-corrected chi connectivity index (χ0v) is 20.0. The van der Waals surface area contributed by atoms with Gasteiger partial charge in [-0.1, -0.05) is 29.0 Å². The molecule has 1 fully saturated rings. The van der Waals surface area contributed by atoms with Crippen molar-refractivity contribution in [2.75, 3.05) is 17.8 Å². The van der Waals surface area contributed by atoms with Crippen LogP contribution in [0.4, 0.5) is 5.69 Å². The number of nitrogens with one attached hydrogen (secondary N) is 1. The largest absolute Gasteiger partial charge is 0.343 e. The van der Waals surface area contributed by atoms with E-state index >= 15 is 0 Å². The highest BCUT2D eigenvalue weighted by Gasteiger charge is 2.19. The second-order valence-corrected chi connectivity index (χ2v) is 11.0. The molecule has 1 aliphatic rings. The van der Waals surface area contributed by atoms with Gasteiger partial charge in [-0.3, -0.25) is 18.9 Å². The molecule has 0 atom stereocenters. The highest BCUT2D eigenvalue weighted by atomic mass is 35.5. The third-order valence-electron chi connectivity index (χ3n) is 5.63. The van der Waals surface area contributed by atoms with Crippen LogP contribution in [0.1, 0.15) is 31.2 Å². The molecule has 0 spiro atoms. The van der Waals surface area contributed by atoms with Crippen LogP contribution in [0.3, 0.4) is 0 Å². The zero-order valence-electron chi connectivity index (χ0n) is 17.6. The second-order valence-electron chi connectivity index (χ2n) is 7.91. The van der Waals surface area contributed by atoms with E-state index in [4.69, 9.17) is 11.6 Å². The summed E-state index contributed by atoms with van der Waals surface area (Å²) in [7, 11) is -3.85. The molecule has 4 rings (SSSR count). The van der Waals surface area contributed by atoms with Crippen LogP contribution in [0.25, 0.3) is 10.2 Å². The molecule has 0 saturated carbocycles. The van der Waals surface area contributed by atoms with Gasteiger partial charge < -0.3 is 4.90 Å². The number of nitrogens with zero attached hydrogens (tertiary/aromatic N) is 2. The summed E-state index contributed by atoms with van der Waals surface area (Å²) in [6.07, 6.45) is 3.44. The molecule has 2 aromatic carbocycles. The van der Waals surface area contributed by atoms with Gasteiger partial charge in [0.15, 0.2) is 0 Å². The lowest BCUT2D eigenvalue weighted by Gasteiger charge is -2.26. The van der Waals surface area contributed by atoms with E-state index in [0.717, 1.165) is 49.3 Å². The van der Waals surface area contributed by atoms with Crippen LogP contribution in [0.5, 0.6) is 0 Å². The number of thiazole rings is 1. The van der Waals surface area contributed by atoms with Crippen molar-refractivity contribution >= 4 is 54.8 Å². The van der Waals surface area contributed by atoms with E-state index in [9.17, 15) is 18.0 Å². The third-order valence-corrected chi connectivity index (χ3v) is 8.36. The van der Waals surface area contributed by atoms with Crippen molar-refractivity contribution in [3.8, 4) is 0 Å². The maximum absolute atomic E-state index is 12.8. The summed E-state index contributed by atoms with van der Waals surface area (Å²) >= 11 is 7.07. The first-order valence-electron chi connectivity index (χ1n) is 10.4. The fraction of sp³-hybridized carbons (Fsp3) is 0.364. The van der Waals surface area contributed by atoms with E-state index in [1.54, 1.807) is 28.8 Å². The van der Waals surface area contributed by atoms with Gasteiger partial charge in [0.1, 0.15) is 0 Å². The molecular formula is C22H24ClN3O4S2. The van der Waals surface area contributed by atoms with Crippen molar-refractivity contribution in [2.24, 2.45) is 0 Å². The molecule has 1 N–H and O–H groups in total. The number of fused-ring (bicyclic) bond motifs is 1. The first kappa shape index (κ1) is 22.8. The number of anilines is 1. The summed E-state index contributed by atoms with van der Waals surface area (Å²) in [5, 5.41) is 0.468. The van der Waals surface area contributed by atoms with Crippen LogP contribution in [-0.2, 0) is 21.4 Å². The van der Waals surface area contributed by atoms with Gasteiger partial charge in [0.05, 0.1) is 20.8 Å². The minimum atomic E-state index is -3.85. The van der Waals surface area contributed by atoms with Gasteiger partial charge in [-0.2, -0.15) is 0 Å². The monoisotopic (exact) mass is 493 g/mol. The second kappa shape index (κ2) is 9.25. The molecule has 170 valence electrons. The predicted octanol–water partition coefficient (Wildman–Crippen LogP) is 4.23. The zero-order chi connectivity index (χ0) is 22.9. The maximum atomic E-state index is 12.8. The van der Waals surface area contributed by atoms with Crippen LogP contribution in [0.15, 0.2) is 46.1 Å². The summed E-state index contributed by atoms with van der Waals surface area (Å²) in [4.78, 5) is 26.7. The molecule has 1 aliphatic heterocycles. The van der Waals surface area contributed by atoms with Crippen LogP contribution in [-0.4, -0.2) is 36.9 Å². The van der Waals surface area contributed by atoms with Crippen LogP contribution >= 0.6 is 22.9 Å². The average molecular weight is 494 g/mol. The minimum absolute atomic E-state index is 0.0520. The van der Waals surface area contributed by atoms with Crippen molar-refractivity contribution in [1.29, 1.82) is 0 Å². The van der Waals surface area contributed by atoms with E-state index in [0.29, 0.717) is 20.9 Å². The van der Waals surface area contributed by atoms with E-state index < -0.39 is 10.0 Å². The fourth-order valence-electron chi connectivity index (χ4n) is 3.80. The molecule has 1 aromatic heterocycles. The Balaban J connectivity index is 1.54. The Morgan fingerprint density at radius 3 is 2.59 bits per heavy atom. The summed E-state index contributed by atoms with van der Waals surface area (Å²) in [6, 6.07) is 9.51. The van der Waals surface area contributed by atoms with Crippen molar-refractivity contribution in [1.82, 2.24) is 9.47 Å². The smallest absolute Gasteiger partial charge is 0.308 e. The molecular weight excluding hydrogens is 470 g/mol. The van der Waals surface area contributed by atoms with E-state index in [1.165, 1.54) is 12.1 Å².